The number of carbonyl (C=O) groups is 2. The smallest absolute Gasteiger partial charge is 0.337 e. The molecule has 0 aliphatic carbocycles. The largest absolute Gasteiger partial charge is 0.478 e. The minimum Gasteiger partial charge on any atom is -0.478 e. The van der Waals surface area contributed by atoms with Crippen LogP contribution in [0.25, 0.3) is 0 Å². The van der Waals surface area contributed by atoms with Gasteiger partial charge in [0, 0.05) is 19.4 Å². The van der Waals surface area contributed by atoms with Gasteiger partial charge in [0.25, 0.3) is 0 Å². The van der Waals surface area contributed by atoms with E-state index in [1.165, 1.54) is 18.5 Å². The maximum atomic E-state index is 12.1. The number of nitrogens with one attached hydrogen (secondary N) is 1. The van der Waals surface area contributed by atoms with Gasteiger partial charge in [-0.1, -0.05) is 0 Å². The summed E-state index contributed by atoms with van der Waals surface area (Å²) in [5.74, 6) is -1.45. The van der Waals surface area contributed by atoms with Crippen LogP contribution in [0.5, 0.6) is 0 Å². The van der Waals surface area contributed by atoms with E-state index in [4.69, 9.17) is 15.6 Å². The Morgan fingerprint density at radius 1 is 1.37 bits per heavy atom. The summed E-state index contributed by atoms with van der Waals surface area (Å²) in [5, 5.41) is 11.5. The molecule has 0 atom stereocenters. The third-order valence-electron chi connectivity index (χ3n) is 3.08. The fraction of sp³-hybridized carbons (Fsp3) is 0.417. The van der Waals surface area contributed by atoms with Crippen LogP contribution in [0.4, 0.5) is 5.69 Å². The molecule has 1 aromatic rings. The fourth-order valence-corrected chi connectivity index (χ4v) is 1.84. The molecule has 1 saturated heterocycles. The van der Waals surface area contributed by atoms with E-state index in [-0.39, 0.29) is 11.5 Å². The molecule has 1 fully saturated rings. The van der Waals surface area contributed by atoms with Crippen molar-refractivity contribution in [3.63, 3.8) is 0 Å². The van der Waals surface area contributed by atoms with Crippen molar-refractivity contribution in [1.82, 2.24) is 4.98 Å². The molecule has 7 heteroatoms. The Morgan fingerprint density at radius 3 is 2.68 bits per heavy atom. The molecule has 4 N–H and O–H groups in total. The Morgan fingerprint density at radius 2 is 2.05 bits per heavy atom. The highest BCUT2D eigenvalue weighted by Gasteiger charge is 2.35. The minimum atomic E-state index is -1.10. The van der Waals surface area contributed by atoms with Crippen LogP contribution in [0.15, 0.2) is 18.5 Å². The molecule has 0 radical (unpaired) electrons. The Kier molecular flexibility index (Phi) is 3.77. The van der Waals surface area contributed by atoms with Gasteiger partial charge in [-0.25, -0.2) is 4.79 Å². The van der Waals surface area contributed by atoms with Gasteiger partial charge in [-0.2, -0.15) is 0 Å². The summed E-state index contributed by atoms with van der Waals surface area (Å²) in [6, 6.07) is 1.34. The number of amides is 1. The zero-order chi connectivity index (χ0) is 13.9. The van der Waals surface area contributed by atoms with Gasteiger partial charge in [0.15, 0.2) is 0 Å². The number of nitrogens with two attached hydrogens (primary N) is 1. The summed E-state index contributed by atoms with van der Waals surface area (Å²) in [6.45, 7) is 0.884. The third kappa shape index (κ3) is 3.07. The molecule has 7 nitrogen and oxygen atoms in total. The average molecular weight is 265 g/mol. The van der Waals surface area contributed by atoms with Gasteiger partial charge in [-0.05, 0) is 18.9 Å². The van der Waals surface area contributed by atoms with Gasteiger partial charge < -0.3 is 20.9 Å². The molecule has 102 valence electrons. The molecule has 0 aromatic carbocycles. The lowest BCUT2D eigenvalue weighted by Crippen LogP contribution is -2.54. The van der Waals surface area contributed by atoms with E-state index in [2.05, 4.69) is 10.3 Å². The summed E-state index contributed by atoms with van der Waals surface area (Å²) in [6.07, 6.45) is 3.47. The molecular formula is C12H15N3O4. The van der Waals surface area contributed by atoms with Crippen LogP contribution < -0.4 is 11.1 Å². The summed E-state index contributed by atoms with van der Waals surface area (Å²) in [7, 11) is 0. The lowest BCUT2D eigenvalue weighted by Gasteiger charge is -2.31. The average Bonchev–Trinajstić information content (AvgIpc) is 2.40. The Balaban J connectivity index is 2.10. The SMILES string of the molecule is NC1(C(=O)Nc2cncc(C(=O)O)c2)CCOCC1. The van der Waals surface area contributed by atoms with E-state index in [0.717, 1.165) is 0 Å². The van der Waals surface area contributed by atoms with Crippen LogP contribution in [0, 0.1) is 0 Å². The number of carboxylic acids is 1. The van der Waals surface area contributed by atoms with E-state index >= 15 is 0 Å². The van der Waals surface area contributed by atoms with E-state index in [1.54, 1.807) is 0 Å². The van der Waals surface area contributed by atoms with Crippen LogP contribution in [-0.4, -0.2) is 40.7 Å². The first-order chi connectivity index (χ1) is 9.01. The van der Waals surface area contributed by atoms with Crippen molar-refractivity contribution in [3.8, 4) is 0 Å². The molecular weight excluding hydrogens is 250 g/mol. The second-order valence-electron chi connectivity index (χ2n) is 4.49. The molecule has 0 bridgehead atoms. The predicted octanol–water partition coefficient (Wildman–Crippen LogP) is 0.226. The van der Waals surface area contributed by atoms with E-state index in [0.29, 0.717) is 31.7 Å². The highest BCUT2D eigenvalue weighted by Crippen LogP contribution is 2.20. The second kappa shape index (κ2) is 5.33. The minimum absolute atomic E-state index is 0.0100. The molecule has 1 aliphatic heterocycles. The van der Waals surface area contributed by atoms with Crippen LogP contribution in [0.3, 0.4) is 0 Å². The van der Waals surface area contributed by atoms with E-state index in [9.17, 15) is 9.59 Å². The van der Waals surface area contributed by atoms with Crippen molar-refractivity contribution in [2.45, 2.75) is 18.4 Å². The number of hydrogen-bond donors (Lipinski definition) is 3. The standard InChI is InChI=1S/C12H15N3O4/c13-12(1-3-19-4-2-12)11(18)15-9-5-8(10(16)17)6-14-7-9/h5-7H,1-4,13H2,(H,15,18)(H,16,17). The molecule has 0 saturated carbocycles. The Bertz CT molecular complexity index is 498. The third-order valence-corrected chi connectivity index (χ3v) is 3.08. The number of nitrogens with zero attached hydrogens (tertiary/aromatic N) is 1. The van der Waals surface area contributed by atoms with Gasteiger partial charge in [0.1, 0.15) is 5.54 Å². The molecule has 19 heavy (non-hydrogen) atoms. The number of carboxylic acid groups (broad SMARTS) is 1. The van der Waals surface area contributed by atoms with Crippen LogP contribution >= 0.6 is 0 Å². The summed E-state index contributed by atoms with van der Waals surface area (Å²) < 4.78 is 5.17. The predicted molar refractivity (Wildman–Crippen MR) is 66.8 cm³/mol. The second-order valence-corrected chi connectivity index (χ2v) is 4.49. The Labute approximate surface area is 109 Å². The summed E-state index contributed by atoms with van der Waals surface area (Å²) in [4.78, 5) is 26.7. The summed E-state index contributed by atoms with van der Waals surface area (Å²) >= 11 is 0. The highest BCUT2D eigenvalue weighted by molar-refractivity contribution is 5.99. The molecule has 2 heterocycles. The number of hydrogen-bond acceptors (Lipinski definition) is 5. The van der Waals surface area contributed by atoms with Crippen LogP contribution in [-0.2, 0) is 9.53 Å². The van der Waals surface area contributed by atoms with Crippen molar-refractivity contribution in [1.29, 1.82) is 0 Å². The van der Waals surface area contributed by atoms with Crippen molar-refractivity contribution < 1.29 is 19.4 Å². The number of ether oxygens (including phenoxy) is 1. The lowest BCUT2D eigenvalue weighted by molar-refractivity contribution is -0.124. The maximum Gasteiger partial charge on any atom is 0.337 e. The molecule has 1 aliphatic rings. The fourth-order valence-electron chi connectivity index (χ4n) is 1.84. The molecule has 0 unspecified atom stereocenters. The normalized spacial score (nSPS) is 17.7. The molecule has 2 rings (SSSR count). The van der Waals surface area contributed by atoms with Gasteiger partial charge in [-0.3, -0.25) is 9.78 Å². The van der Waals surface area contributed by atoms with Crippen molar-refractivity contribution in [2.24, 2.45) is 5.73 Å². The number of rotatable bonds is 3. The molecule has 1 aromatic heterocycles. The number of pyridine rings is 1. The van der Waals surface area contributed by atoms with Gasteiger partial charge in [-0.15, -0.1) is 0 Å². The molecule has 0 spiro atoms. The summed E-state index contributed by atoms with van der Waals surface area (Å²) in [5.41, 5.74) is 5.38. The molecule has 1 amide bonds. The van der Waals surface area contributed by atoms with Gasteiger partial charge >= 0.3 is 5.97 Å². The first-order valence-corrected chi connectivity index (χ1v) is 5.88. The quantitative estimate of drug-likeness (QED) is 0.720. The van der Waals surface area contributed by atoms with Gasteiger partial charge in [0.2, 0.25) is 5.91 Å². The van der Waals surface area contributed by atoms with Crippen molar-refractivity contribution >= 4 is 17.6 Å². The van der Waals surface area contributed by atoms with Gasteiger partial charge in [0.05, 0.1) is 17.4 Å². The number of carbonyl (C=O) groups excluding carboxylic acids is 1. The zero-order valence-corrected chi connectivity index (χ0v) is 10.3. The van der Waals surface area contributed by atoms with E-state index < -0.39 is 11.5 Å². The Hall–Kier alpha value is -1.99. The van der Waals surface area contributed by atoms with Crippen molar-refractivity contribution in [2.75, 3.05) is 18.5 Å². The lowest BCUT2D eigenvalue weighted by atomic mass is 9.90. The monoisotopic (exact) mass is 265 g/mol. The topological polar surface area (TPSA) is 115 Å². The number of aromatic nitrogens is 1. The van der Waals surface area contributed by atoms with E-state index in [1.807, 2.05) is 0 Å². The van der Waals surface area contributed by atoms with Crippen LogP contribution in [0.1, 0.15) is 23.2 Å². The maximum absolute atomic E-state index is 12.1. The first kappa shape index (κ1) is 13.4. The zero-order valence-electron chi connectivity index (χ0n) is 10.3. The highest BCUT2D eigenvalue weighted by atomic mass is 16.5. The van der Waals surface area contributed by atoms with Crippen molar-refractivity contribution in [3.05, 3.63) is 24.0 Å². The number of aromatic carboxylic acids is 1. The van der Waals surface area contributed by atoms with Crippen LogP contribution in [0.2, 0.25) is 0 Å². The first-order valence-electron chi connectivity index (χ1n) is 5.88. The number of anilines is 1.